The monoisotopic (exact) mass is 389 g/mol. The van der Waals surface area contributed by atoms with Crippen molar-refractivity contribution in [2.24, 2.45) is 0 Å². The number of hydrogen-bond acceptors (Lipinski definition) is 6. The topological polar surface area (TPSA) is 79.6 Å². The van der Waals surface area contributed by atoms with Gasteiger partial charge in [-0.3, -0.25) is 9.59 Å². The average Bonchev–Trinajstić information content (AvgIpc) is 3.28. The van der Waals surface area contributed by atoms with E-state index in [0.29, 0.717) is 16.5 Å². The Balaban J connectivity index is 1.62. The highest BCUT2D eigenvalue weighted by molar-refractivity contribution is 7.20. The second kappa shape index (κ2) is 7.05. The van der Waals surface area contributed by atoms with Crippen LogP contribution in [0.15, 0.2) is 35.1 Å². The van der Waals surface area contributed by atoms with Crippen LogP contribution in [-0.2, 0) is 6.54 Å². The van der Waals surface area contributed by atoms with Crippen molar-refractivity contribution >= 4 is 38.9 Å². The zero-order chi connectivity index (χ0) is 18.1. The number of carbonyl (C=O) groups excluding carboxylic acids is 1. The van der Waals surface area contributed by atoms with E-state index in [0.717, 1.165) is 36.6 Å². The maximum absolute atomic E-state index is 12.6. The number of nitrogens with zero attached hydrogens (tertiary/aromatic N) is 4. The number of nitrogens with one attached hydrogen (secondary N) is 1. The summed E-state index contributed by atoms with van der Waals surface area (Å²) in [6, 6.07) is 8.46. The molecule has 1 fully saturated rings. The maximum atomic E-state index is 12.6. The summed E-state index contributed by atoms with van der Waals surface area (Å²) in [6.45, 7) is 2.17. The van der Waals surface area contributed by atoms with E-state index in [2.05, 4.69) is 20.3 Å². The zero-order valence-corrected chi connectivity index (χ0v) is 15.4. The lowest BCUT2D eigenvalue weighted by molar-refractivity contribution is 0.0943. The summed E-state index contributed by atoms with van der Waals surface area (Å²) in [7, 11) is 0. The second-order valence-electron chi connectivity index (χ2n) is 6.07. The van der Waals surface area contributed by atoms with Gasteiger partial charge in [-0.05, 0) is 30.5 Å². The Morgan fingerprint density at radius 1 is 1.27 bits per heavy atom. The summed E-state index contributed by atoms with van der Waals surface area (Å²) in [6.07, 6.45) is 2.24. The van der Waals surface area contributed by atoms with Crippen molar-refractivity contribution in [2.45, 2.75) is 19.4 Å². The molecule has 7 nitrogen and oxygen atoms in total. The minimum Gasteiger partial charge on any atom is -0.347 e. The first-order valence-electron chi connectivity index (χ1n) is 8.29. The van der Waals surface area contributed by atoms with Crippen LogP contribution in [-0.4, -0.2) is 33.6 Å². The average molecular weight is 390 g/mol. The van der Waals surface area contributed by atoms with Gasteiger partial charge in [0.15, 0.2) is 0 Å². The highest BCUT2D eigenvalue weighted by Gasteiger charge is 2.20. The number of anilines is 1. The quantitative estimate of drug-likeness (QED) is 0.740. The van der Waals surface area contributed by atoms with E-state index in [1.807, 2.05) is 12.1 Å². The van der Waals surface area contributed by atoms with Crippen molar-refractivity contribution in [3.63, 3.8) is 0 Å². The van der Waals surface area contributed by atoms with Gasteiger partial charge in [0, 0.05) is 30.7 Å². The third kappa shape index (κ3) is 3.42. The Morgan fingerprint density at radius 3 is 2.85 bits per heavy atom. The van der Waals surface area contributed by atoms with Crippen LogP contribution in [0.5, 0.6) is 0 Å². The van der Waals surface area contributed by atoms with Gasteiger partial charge in [0.2, 0.25) is 10.1 Å². The van der Waals surface area contributed by atoms with Crippen molar-refractivity contribution in [3.8, 4) is 0 Å². The van der Waals surface area contributed by atoms with Gasteiger partial charge >= 0.3 is 0 Å². The van der Waals surface area contributed by atoms with Crippen LogP contribution in [0.1, 0.15) is 28.9 Å². The molecule has 1 amide bonds. The summed E-state index contributed by atoms with van der Waals surface area (Å²) < 4.78 is 1.45. The summed E-state index contributed by atoms with van der Waals surface area (Å²) >= 11 is 7.29. The maximum Gasteiger partial charge on any atom is 0.274 e. The van der Waals surface area contributed by atoms with Crippen LogP contribution < -0.4 is 15.8 Å². The van der Waals surface area contributed by atoms with Crippen molar-refractivity contribution < 1.29 is 4.79 Å². The molecular formula is C17H16ClN5O2S. The molecule has 0 saturated carbocycles. The molecule has 1 aromatic carbocycles. The molecule has 3 aromatic rings. The predicted octanol–water partition coefficient (Wildman–Crippen LogP) is 2.33. The smallest absolute Gasteiger partial charge is 0.274 e. The van der Waals surface area contributed by atoms with E-state index < -0.39 is 5.56 Å². The van der Waals surface area contributed by atoms with Crippen molar-refractivity contribution in [1.29, 1.82) is 0 Å². The van der Waals surface area contributed by atoms with Gasteiger partial charge in [-0.25, -0.2) is 0 Å². The number of benzene rings is 1. The molecular weight excluding hydrogens is 374 g/mol. The molecule has 3 heterocycles. The Labute approximate surface area is 158 Å². The van der Waals surface area contributed by atoms with E-state index in [4.69, 9.17) is 11.6 Å². The Kier molecular flexibility index (Phi) is 4.60. The number of fused-ring (bicyclic) bond motifs is 1. The molecule has 26 heavy (non-hydrogen) atoms. The Bertz CT molecular complexity index is 1030. The Hall–Kier alpha value is -2.45. The SMILES string of the molecule is O=C(NCc1cccc(Cl)c1)c1cc(=O)nc2sc(N3CCCC3)nn12. The Morgan fingerprint density at radius 2 is 2.08 bits per heavy atom. The van der Waals surface area contributed by atoms with E-state index in [1.165, 1.54) is 21.9 Å². The standard InChI is InChI=1S/C17H16ClN5O2S/c18-12-5-3-4-11(8-12)10-19-15(25)13-9-14(24)20-16-23(13)21-17(26-16)22-6-1-2-7-22/h3-5,8-9H,1-2,6-7,10H2,(H,19,25). The lowest BCUT2D eigenvalue weighted by Crippen LogP contribution is -2.27. The van der Waals surface area contributed by atoms with Gasteiger partial charge < -0.3 is 10.2 Å². The number of carbonyl (C=O) groups is 1. The van der Waals surface area contributed by atoms with Gasteiger partial charge in [0.05, 0.1) is 0 Å². The first-order valence-corrected chi connectivity index (χ1v) is 9.48. The first kappa shape index (κ1) is 17.0. The van der Waals surface area contributed by atoms with Gasteiger partial charge in [0.25, 0.3) is 11.5 Å². The molecule has 2 aromatic heterocycles. The molecule has 134 valence electrons. The van der Waals surface area contributed by atoms with E-state index in [9.17, 15) is 9.59 Å². The minimum absolute atomic E-state index is 0.184. The largest absolute Gasteiger partial charge is 0.347 e. The predicted molar refractivity (Wildman–Crippen MR) is 101 cm³/mol. The van der Waals surface area contributed by atoms with Gasteiger partial charge in [-0.2, -0.15) is 9.50 Å². The molecule has 4 rings (SSSR count). The minimum atomic E-state index is -0.450. The second-order valence-corrected chi connectivity index (χ2v) is 7.44. The van der Waals surface area contributed by atoms with Crippen LogP contribution in [0.25, 0.3) is 4.96 Å². The molecule has 0 aliphatic carbocycles. The van der Waals surface area contributed by atoms with Crippen LogP contribution in [0.3, 0.4) is 0 Å². The third-order valence-corrected chi connectivity index (χ3v) is 5.40. The van der Waals surface area contributed by atoms with Crippen LogP contribution >= 0.6 is 22.9 Å². The van der Waals surface area contributed by atoms with Gasteiger partial charge in [0.1, 0.15) is 5.69 Å². The zero-order valence-electron chi connectivity index (χ0n) is 13.8. The van der Waals surface area contributed by atoms with Crippen molar-refractivity contribution in [2.75, 3.05) is 18.0 Å². The van der Waals surface area contributed by atoms with Crippen molar-refractivity contribution in [1.82, 2.24) is 19.9 Å². The van der Waals surface area contributed by atoms with E-state index >= 15 is 0 Å². The highest BCUT2D eigenvalue weighted by Crippen LogP contribution is 2.25. The lowest BCUT2D eigenvalue weighted by atomic mass is 10.2. The molecule has 1 aliphatic rings. The summed E-state index contributed by atoms with van der Waals surface area (Å²) in [5.41, 5.74) is 0.609. The summed E-state index contributed by atoms with van der Waals surface area (Å²) in [4.78, 5) is 31.1. The normalized spacial score (nSPS) is 14.1. The highest BCUT2D eigenvalue weighted by atomic mass is 35.5. The number of halogens is 1. The van der Waals surface area contributed by atoms with Crippen molar-refractivity contribution in [3.05, 3.63) is 57.0 Å². The summed E-state index contributed by atoms with van der Waals surface area (Å²) in [5.74, 6) is -0.377. The molecule has 0 unspecified atom stereocenters. The number of aromatic nitrogens is 3. The van der Waals surface area contributed by atoms with E-state index in [-0.39, 0.29) is 11.6 Å². The molecule has 0 radical (unpaired) electrons. The van der Waals surface area contributed by atoms with E-state index in [1.54, 1.807) is 12.1 Å². The third-order valence-electron chi connectivity index (χ3n) is 4.19. The van der Waals surface area contributed by atoms with Crippen LogP contribution in [0.4, 0.5) is 5.13 Å². The van der Waals surface area contributed by atoms with Crippen LogP contribution in [0, 0.1) is 0 Å². The fourth-order valence-corrected chi connectivity index (χ4v) is 4.09. The first-order chi connectivity index (χ1) is 12.6. The number of rotatable bonds is 4. The number of hydrogen-bond donors (Lipinski definition) is 1. The van der Waals surface area contributed by atoms with Gasteiger partial charge in [-0.15, -0.1) is 5.10 Å². The van der Waals surface area contributed by atoms with Crippen LogP contribution in [0.2, 0.25) is 5.02 Å². The molecule has 1 aliphatic heterocycles. The lowest BCUT2D eigenvalue weighted by Gasteiger charge is -2.11. The molecule has 0 bridgehead atoms. The molecule has 0 atom stereocenters. The molecule has 1 saturated heterocycles. The fourth-order valence-electron chi connectivity index (χ4n) is 2.92. The van der Waals surface area contributed by atoms with Gasteiger partial charge in [-0.1, -0.05) is 35.1 Å². The summed E-state index contributed by atoms with van der Waals surface area (Å²) in [5, 5.41) is 8.70. The molecule has 1 N–H and O–H groups in total. The molecule has 9 heteroatoms. The number of amides is 1. The molecule has 0 spiro atoms. The fraction of sp³-hybridized carbons (Fsp3) is 0.294.